The predicted octanol–water partition coefficient (Wildman–Crippen LogP) is 1.93. The highest BCUT2D eigenvalue weighted by molar-refractivity contribution is 8.14. The molecule has 3 heterocycles. The van der Waals surface area contributed by atoms with Gasteiger partial charge in [0.15, 0.2) is 5.82 Å². The Morgan fingerprint density at radius 3 is 2.95 bits per heavy atom. The Balaban J connectivity index is 1.96. The van der Waals surface area contributed by atoms with Crippen molar-refractivity contribution in [3.8, 4) is 0 Å². The van der Waals surface area contributed by atoms with E-state index in [1.165, 1.54) is 16.2 Å². The highest BCUT2D eigenvalue weighted by Gasteiger charge is 2.30. The van der Waals surface area contributed by atoms with Crippen LogP contribution in [0.3, 0.4) is 0 Å². The number of hydrogen-bond donors (Lipinski definition) is 1. The molecule has 0 spiro atoms. The second-order valence-corrected chi connectivity index (χ2v) is 5.73. The molecule has 0 saturated carbocycles. The molecule has 2 aromatic heterocycles. The van der Waals surface area contributed by atoms with E-state index in [0.29, 0.717) is 11.6 Å². The van der Waals surface area contributed by atoms with Crippen LogP contribution in [0.2, 0.25) is 0 Å². The van der Waals surface area contributed by atoms with E-state index >= 15 is 0 Å². The van der Waals surface area contributed by atoms with Crippen LogP contribution in [0.25, 0.3) is 10.2 Å². The van der Waals surface area contributed by atoms with Crippen LogP contribution in [0.4, 0.5) is 10.6 Å². The zero-order valence-corrected chi connectivity index (χ0v) is 11.7. The average molecular weight is 294 g/mol. The summed E-state index contributed by atoms with van der Waals surface area (Å²) in [5.74, 6) is 1.21. The van der Waals surface area contributed by atoms with Gasteiger partial charge in [-0.3, -0.25) is 14.5 Å². The number of anilines is 1. The molecule has 3 rings (SSSR count). The Labute approximate surface area is 117 Å². The van der Waals surface area contributed by atoms with Crippen molar-refractivity contribution in [2.75, 3.05) is 18.1 Å². The summed E-state index contributed by atoms with van der Waals surface area (Å²) in [6, 6.07) is 1.94. The summed E-state index contributed by atoms with van der Waals surface area (Å²) in [5, 5.41) is 5.66. The first-order chi connectivity index (χ1) is 9.19. The highest BCUT2D eigenvalue weighted by Crippen LogP contribution is 2.26. The zero-order valence-electron chi connectivity index (χ0n) is 10.0. The van der Waals surface area contributed by atoms with E-state index in [4.69, 9.17) is 0 Å². The second-order valence-electron chi connectivity index (χ2n) is 3.91. The maximum Gasteiger partial charge on any atom is 0.289 e. The fourth-order valence-corrected chi connectivity index (χ4v) is 3.34. The summed E-state index contributed by atoms with van der Waals surface area (Å²) >= 11 is 2.52. The van der Waals surface area contributed by atoms with Crippen molar-refractivity contribution in [2.24, 2.45) is 0 Å². The third-order valence-electron chi connectivity index (χ3n) is 2.75. The van der Waals surface area contributed by atoms with Gasteiger partial charge >= 0.3 is 0 Å². The molecular formula is C11H10N4O2S2. The Kier molecular flexibility index (Phi) is 3.11. The molecule has 0 bridgehead atoms. The van der Waals surface area contributed by atoms with Crippen molar-refractivity contribution in [3.05, 3.63) is 17.3 Å². The van der Waals surface area contributed by atoms with Gasteiger partial charge in [-0.25, -0.2) is 9.97 Å². The van der Waals surface area contributed by atoms with Crippen molar-refractivity contribution < 1.29 is 9.59 Å². The van der Waals surface area contributed by atoms with Gasteiger partial charge in [0.1, 0.15) is 10.6 Å². The van der Waals surface area contributed by atoms with Gasteiger partial charge in [-0.2, -0.15) is 0 Å². The van der Waals surface area contributed by atoms with Gasteiger partial charge in [-0.05, 0) is 11.4 Å². The summed E-state index contributed by atoms with van der Waals surface area (Å²) in [6.45, 7) is 0.132. The minimum Gasteiger partial charge on any atom is -0.372 e. The number of fused-ring (bicyclic) bond motifs is 1. The normalized spacial score (nSPS) is 15.5. The van der Waals surface area contributed by atoms with Crippen LogP contribution in [-0.2, 0) is 11.3 Å². The smallest absolute Gasteiger partial charge is 0.289 e. The Bertz CT molecular complexity index is 654. The third-order valence-corrected chi connectivity index (χ3v) is 4.41. The van der Waals surface area contributed by atoms with Crippen LogP contribution in [0.1, 0.15) is 5.82 Å². The maximum absolute atomic E-state index is 11.6. The lowest BCUT2D eigenvalue weighted by atomic mass is 10.3. The van der Waals surface area contributed by atoms with Gasteiger partial charge in [-0.15, -0.1) is 11.3 Å². The number of amides is 2. The first-order valence-corrected chi connectivity index (χ1v) is 7.44. The van der Waals surface area contributed by atoms with Crippen molar-refractivity contribution in [3.63, 3.8) is 0 Å². The molecule has 8 heteroatoms. The summed E-state index contributed by atoms with van der Waals surface area (Å²) in [6.07, 6.45) is 0. The molecule has 1 N–H and O–H groups in total. The van der Waals surface area contributed by atoms with E-state index in [1.807, 2.05) is 11.4 Å². The van der Waals surface area contributed by atoms with Crippen LogP contribution in [0.5, 0.6) is 0 Å². The number of thiophene rings is 1. The lowest BCUT2D eigenvalue weighted by Crippen LogP contribution is -2.28. The number of carbonyl (C=O) groups excluding carboxylic acids is 2. The predicted molar refractivity (Wildman–Crippen MR) is 75.4 cm³/mol. The molecule has 1 aliphatic rings. The Morgan fingerprint density at radius 2 is 2.26 bits per heavy atom. The number of nitrogens with one attached hydrogen (secondary N) is 1. The third kappa shape index (κ3) is 2.17. The van der Waals surface area contributed by atoms with Gasteiger partial charge in [0.2, 0.25) is 5.91 Å². The van der Waals surface area contributed by atoms with Gasteiger partial charge < -0.3 is 5.32 Å². The summed E-state index contributed by atoms with van der Waals surface area (Å²) in [4.78, 5) is 33.9. The first-order valence-electron chi connectivity index (χ1n) is 5.58. The van der Waals surface area contributed by atoms with Crippen LogP contribution >= 0.6 is 23.1 Å². The lowest BCUT2D eigenvalue weighted by molar-refractivity contribution is -0.125. The van der Waals surface area contributed by atoms with Crippen LogP contribution in [0.15, 0.2) is 11.4 Å². The molecule has 0 atom stereocenters. The molecule has 0 aliphatic carbocycles. The molecule has 1 saturated heterocycles. The summed E-state index contributed by atoms with van der Waals surface area (Å²) in [7, 11) is 1.78. The number of carbonyl (C=O) groups is 2. The van der Waals surface area contributed by atoms with Crippen molar-refractivity contribution >= 4 is 50.3 Å². The molecule has 2 amide bonds. The molecule has 0 unspecified atom stereocenters. The molecule has 1 fully saturated rings. The molecule has 0 aromatic carbocycles. The van der Waals surface area contributed by atoms with Gasteiger partial charge in [0, 0.05) is 7.05 Å². The van der Waals surface area contributed by atoms with Gasteiger partial charge in [-0.1, -0.05) is 11.8 Å². The van der Waals surface area contributed by atoms with E-state index in [0.717, 1.165) is 22.0 Å². The molecule has 98 valence electrons. The standard InChI is InChI=1S/C11H10N4O2S2/c1-12-9-6-2-3-18-10(6)14-7(13-9)4-15-8(16)5-19-11(15)17/h2-3H,4-5H2,1H3,(H,12,13,14). The number of hydrogen-bond acceptors (Lipinski definition) is 7. The number of rotatable bonds is 3. The number of nitrogens with zero attached hydrogens (tertiary/aromatic N) is 3. The fraction of sp³-hybridized carbons (Fsp3) is 0.273. The van der Waals surface area contributed by atoms with E-state index in [9.17, 15) is 9.59 Å². The molecule has 19 heavy (non-hydrogen) atoms. The van der Waals surface area contributed by atoms with E-state index in [2.05, 4.69) is 15.3 Å². The average Bonchev–Trinajstić information content (AvgIpc) is 2.99. The quantitative estimate of drug-likeness (QED) is 0.932. The molecule has 0 radical (unpaired) electrons. The number of aromatic nitrogens is 2. The Hall–Kier alpha value is -1.67. The van der Waals surface area contributed by atoms with Gasteiger partial charge in [0.25, 0.3) is 5.24 Å². The molecular weight excluding hydrogens is 284 g/mol. The first kappa shape index (κ1) is 12.4. The monoisotopic (exact) mass is 294 g/mol. The van der Waals surface area contributed by atoms with E-state index < -0.39 is 0 Å². The topological polar surface area (TPSA) is 75.2 Å². The van der Waals surface area contributed by atoms with Crippen LogP contribution < -0.4 is 5.32 Å². The Morgan fingerprint density at radius 1 is 1.42 bits per heavy atom. The highest BCUT2D eigenvalue weighted by atomic mass is 32.2. The molecule has 1 aliphatic heterocycles. The molecule has 6 nitrogen and oxygen atoms in total. The van der Waals surface area contributed by atoms with Gasteiger partial charge in [0.05, 0.1) is 17.7 Å². The number of thioether (sulfide) groups is 1. The van der Waals surface area contributed by atoms with Crippen LogP contribution in [-0.4, -0.2) is 38.8 Å². The number of imide groups is 1. The van der Waals surface area contributed by atoms with Crippen molar-refractivity contribution in [1.29, 1.82) is 0 Å². The summed E-state index contributed by atoms with van der Waals surface area (Å²) in [5.41, 5.74) is 0. The van der Waals surface area contributed by atoms with Crippen molar-refractivity contribution in [2.45, 2.75) is 6.54 Å². The van der Waals surface area contributed by atoms with Crippen molar-refractivity contribution in [1.82, 2.24) is 14.9 Å². The largest absolute Gasteiger partial charge is 0.372 e. The van der Waals surface area contributed by atoms with E-state index in [1.54, 1.807) is 7.05 Å². The van der Waals surface area contributed by atoms with Crippen LogP contribution in [0, 0.1) is 0 Å². The fourth-order valence-electron chi connectivity index (χ4n) is 1.84. The summed E-state index contributed by atoms with van der Waals surface area (Å²) < 4.78 is 0. The zero-order chi connectivity index (χ0) is 13.4. The molecule has 2 aromatic rings. The maximum atomic E-state index is 11.6. The SMILES string of the molecule is CNc1nc(CN2C(=O)CSC2=O)nc2sccc12. The lowest BCUT2D eigenvalue weighted by Gasteiger charge is -2.12. The minimum absolute atomic E-state index is 0.132. The second kappa shape index (κ2) is 4.78. The minimum atomic E-state index is -0.231. The van der Waals surface area contributed by atoms with E-state index in [-0.39, 0.29) is 23.4 Å².